The van der Waals surface area contributed by atoms with Gasteiger partial charge in [-0.1, -0.05) is 6.92 Å². The Bertz CT molecular complexity index is 588. The third kappa shape index (κ3) is 3.75. The summed E-state index contributed by atoms with van der Waals surface area (Å²) in [5, 5.41) is 2.85. The predicted molar refractivity (Wildman–Crippen MR) is 87.7 cm³/mol. The van der Waals surface area contributed by atoms with Crippen LogP contribution in [0.15, 0.2) is 18.2 Å². The number of hydrogen-bond acceptors (Lipinski definition) is 4. The van der Waals surface area contributed by atoms with Gasteiger partial charge in [0.15, 0.2) is 11.5 Å². The maximum atomic E-state index is 12.4. The molecule has 1 heterocycles. The monoisotopic (exact) mass is 320 g/mol. The third-order valence-corrected chi connectivity index (χ3v) is 4.30. The van der Waals surface area contributed by atoms with Crippen molar-refractivity contribution < 1.29 is 19.1 Å². The fourth-order valence-electron chi connectivity index (χ4n) is 2.71. The Morgan fingerprint density at radius 1 is 1.35 bits per heavy atom. The van der Waals surface area contributed by atoms with Crippen molar-refractivity contribution in [1.29, 1.82) is 0 Å². The third-order valence-electron chi connectivity index (χ3n) is 4.30. The minimum atomic E-state index is -0.315. The number of amides is 2. The molecule has 2 rings (SSSR count). The highest BCUT2D eigenvalue weighted by molar-refractivity contribution is 5.97. The lowest BCUT2D eigenvalue weighted by molar-refractivity contribution is -0.129. The fraction of sp³-hybridized carbons (Fsp3) is 0.529. The van der Waals surface area contributed by atoms with Gasteiger partial charge in [0.2, 0.25) is 11.8 Å². The average molecular weight is 320 g/mol. The molecule has 1 aliphatic heterocycles. The lowest BCUT2D eigenvalue weighted by Crippen LogP contribution is -2.35. The van der Waals surface area contributed by atoms with Crippen molar-refractivity contribution in [1.82, 2.24) is 4.90 Å². The number of methoxy groups -OCH3 is 2. The standard InChI is InChI=1S/C17H24N2O4/c1-5-11(2)19-10-12(8-16(19)20)17(21)18-13-6-7-14(22-3)15(9-13)23-4/h6-7,9,11-12H,5,8,10H2,1-4H3,(H,18,21). The average Bonchev–Trinajstić information content (AvgIpc) is 2.96. The number of likely N-dealkylation sites (tertiary alicyclic amines) is 1. The lowest BCUT2D eigenvalue weighted by Gasteiger charge is -2.23. The SMILES string of the molecule is CCC(C)N1CC(C(=O)Nc2ccc(OC)c(OC)c2)CC1=O. The van der Waals surface area contributed by atoms with Gasteiger partial charge in [0.25, 0.3) is 0 Å². The largest absolute Gasteiger partial charge is 0.493 e. The topological polar surface area (TPSA) is 67.9 Å². The number of carbonyl (C=O) groups is 2. The van der Waals surface area contributed by atoms with E-state index >= 15 is 0 Å². The number of nitrogens with one attached hydrogen (secondary N) is 1. The van der Waals surface area contributed by atoms with Gasteiger partial charge in [-0.15, -0.1) is 0 Å². The molecular weight excluding hydrogens is 296 g/mol. The first kappa shape index (κ1) is 17.1. The molecule has 0 radical (unpaired) electrons. The van der Waals surface area contributed by atoms with Crippen molar-refractivity contribution in [3.05, 3.63) is 18.2 Å². The summed E-state index contributed by atoms with van der Waals surface area (Å²) in [5.74, 6) is 0.742. The molecule has 1 N–H and O–H groups in total. The summed E-state index contributed by atoms with van der Waals surface area (Å²) < 4.78 is 10.4. The van der Waals surface area contributed by atoms with Gasteiger partial charge in [-0.2, -0.15) is 0 Å². The second kappa shape index (κ2) is 7.35. The van der Waals surface area contributed by atoms with Crippen molar-refractivity contribution >= 4 is 17.5 Å². The number of anilines is 1. The summed E-state index contributed by atoms with van der Waals surface area (Å²) in [5.41, 5.74) is 0.627. The predicted octanol–water partition coefficient (Wildman–Crippen LogP) is 2.29. The Balaban J connectivity index is 2.04. The lowest BCUT2D eigenvalue weighted by atomic mass is 10.1. The van der Waals surface area contributed by atoms with Crippen LogP contribution >= 0.6 is 0 Å². The molecule has 6 heteroatoms. The van der Waals surface area contributed by atoms with Gasteiger partial charge < -0.3 is 19.7 Å². The minimum Gasteiger partial charge on any atom is -0.493 e. The highest BCUT2D eigenvalue weighted by Crippen LogP contribution is 2.30. The van der Waals surface area contributed by atoms with Gasteiger partial charge in [0.05, 0.1) is 20.1 Å². The van der Waals surface area contributed by atoms with E-state index in [1.54, 1.807) is 37.3 Å². The maximum absolute atomic E-state index is 12.4. The van der Waals surface area contributed by atoms with Gasteiger partial charge in [-0.05, 0) is 25.5 Å². The Kier molecular flexibility index (Phi) is 5.47. The number of carbonyl (C=O) groups excluding carboxylic acids is 2. The van der Waals surface area contributed by atoms with Crippen LogP contribution in [0.1, 0.15) is 26.7 Å². The second-order valence-corrected chi connectivity index (χ2v) is 5.76. The van der Waals surface area contributed by atoms with E-state index in [1.165, 1.54) is 0 Å². The molecule has 0 spiro atoms. The summed E-state index contributed by atoms with van der Waals surface area (Å²) >= 11 is 0. The van der Waals surface area contributed by atoms with Crippen LogP contribution in [-0.4, -0.2) is 43.5 Å². The quantitative estimate of drug-likeness (QED) is 0.873. The molecule has 1 saturated heterocycles. The van der Waals surface area contributed by atoms with Gasteiger partial charge in [0, 0.05) is 30.8 Å². The number of nitrogens with zero attached hydrogens (tertiary/aromatic N) is 1. The maximum Gasteiger partial charge on any atom is 0.229 e. The van der Waals surface area contributed by atoms with E-state index in [1.807, 2.05) is 13.8 Å². The molecule has 6 nitrogen and oxygen atoms in total. The molecule has 0 aromatic heterocycles. The summed E-state index contributed by atoms with van der Waals surface area (Å²) in [4.78, 5) is 26.2. The first-order valence-corrected chi connectivity index (χ1v) is 7.82. The van der Waals surface area contributed by atoms with Gasteiger partial charge in [-0.25, -0.2) is 0 Å². The summed E-state index contributed by atoms with van der Waals surface area (Å²) in [6, 6.07) is 5.36. The molecule has 0 aliphatic carbocycles. The Hall–Kier alpha value is -2.24. The van der Waals surface area contributed by atoms with Crippen molar-refractivity contribution in [2.75, 3.05) is 26.1 Å². The van der Waals surface area contributed by atoms with Crippen molar-refractivity contribution in [2.45, 2.75) is 32.7 Å². The van der Waals surface area contributed by atoms with Crippen LogP contribution in [0.25, 0.3) is 0 Å². The number of ether oxygens (including phenoxy) is 2. The van der Waals surface area contributed by atoms with Gasteiger partial charge >= 0.3 is 0 Å². The van der Waals surface area contributed by atoms with E-state index in [4.69, 9.17) is 9.47 Å². The zero-order chi connectivity index (χ0) is 17.0. The van der Waals surface area contributed by atoms with E-state index in [9.17, 15) is 9.59 Å². The highest BCUT2D eigenvalue weighted by atomic mass is 16.5. The fourth-order valence-corrected chi connectivity index (χ4v) is 2.71. The van der Waals surface area contributed by atoms with E-state index in [-0.39, 0.29) is 30.2 Å². The molecule has 0 bridgehead atoms. The van der Waals surface area contributed by atoms with E-state index < -0.39 is 0 Å². The number of hydrogen-bond donors (Lipinski definition) is 1. The van der Waals surface area contributed by atoms with Crippen molar-refractivity contribution in [2.24, 2.45) is 5.92 Å². The van der Waals surface area contributed by atoms with E-state index in [0.717, 1.165) is 6.42 Å². The van der Waals surface area contributed by atoms with E-state index in [0.29, 0.717) is 23.7 Å². The molecule has 23 heavy (non-hydrogen) atoms. The first-order chi connectivity index (χ1) is 11.0. The van der Waals surface area contributed by atoms with Crippen LogP contribution in [0.2, 0.25) is 0 Å². The van der Waals surface area contributed by atoms with Crippen LogP contribution in [-0.2, 0) is 9.59 Å². The van der Waals surface area contributed by atoms with Crippen molar-refractivity contribution in [3.63, 3.8) is 0 Å². The van der Waals surface area contributed by atoms with Crippen molar-refractivity contribution in [3.8, 4) is 11.5 Å². The molecule has 126 valence electrons. The summed E-state index contributed by atoms with van der Waals surface area (Å²) in [6.45, 7) is 4.52. The van der Waals surface area contributed by atoms with Gasteiger partial charge in [-0.3, -0.25) is 9.59 Å². The second-order valence-electron chi connectivity index (χ2n) is 5.76. The Morgan fingerprint density at radius 3 is 2.65 bits per heavy atom. The summed E-state index contributed by atoms with van der Waals surface area (Å²) in [6.07, 6.45) is 1.15. The first-order valence-electron chi connectivity index (χ1n) is 7.82. The zero-order valence-electron chi connectivity index (χ0n) is 14.1. The van der Waals surface area contributed by atoms with Crippen LogP contribution in [0.3, 0.4) is 0 Å². The van der Waals surface area contributed by atoms with Crippen LogP contribution in [0.5, 0.6) is 11.5 Å². The normalized spacial score (nSPS) is 18.7. The molecular formula is C17H24N2O4. The Labute approximate surface area is 136 Å². The minimum absolute atomic E-state index is 0.0480. The molecule has 1 aromatic carbocycles. The molecule has 2 atom stereocenters. The van der Waals surface area contributed by atoms with Crippen LogP contribution in [0, 0.1) is 5.92 Å². The highest BCUT2D eigenvalue weighted by Gasteiger charge is 2.36. The zero-order valence-corrected chi connectivity index (χ0v) is 14.1. The summed E-state index contributed by atoms with van der Waals surface area (Å²) in [7, 11) is 3.10. The molecule has 0 saturated carbocycles. The smallest absolute Gasteiger partial charge is 0.229 e. The molecule has 1 aliphatic rings. The molecule has 2 unspecified atom stereocenters. The van der Waals surface area contributed by atoms with Gasteiger partial charge in [0.1, 0.15) is 0 Å². The Morgan fingerprint density at radius 2 is 2.04 bits per heavy atom. The van der Waals surface area contributed by atoms with Crippen LogP contribution in [0.4, 0.5) is 5.69 Å². The molecule has 2 amide bonds. The van der Waals surface area contributed by atoms with Crippen LogP contribution < -0.4 is 14.8 Å². The molecule has 1 fully saturated rings. The number of rotatable bonds is 6. The molecule has 1 aromatic rings. The number of benzene rings is 1. The van der Waals surface area contributed by atoms with E-state index in [2.05, 4.69) is 5.32 Å².